The van der Waals surface area contributed by atoms with Crippen molar-refractivity contribution >= 4 is 82.5 Å². The minimum atomic E-state index is -6.30. The maximum atomic E-state index is 13.7. The zero-order chi connectivity index (χ0) is 58.0. The number of nitrogens with zero attached hydrogens (tertiary/aromatic N) is 10. The lowest BCUT2D eigenvalue weighted by atomic mass is 10.1. The van der Waals surface area contributed by atoms with Crippen LogP contribution in [0.25, 0.3) is 33.5 Å². The van der Waals surface area contributed by atoms with E-state index in [-0.39, 0.29) is 64.4 Å². The molecule has 3 saturated heterocycles. The number of aryl methyl sites for hydroxylation is 1. The summed E-state index contributed by atoms with van der Waals surface area (Å²) in [6.07, 6.45) is -16.8. The smallest absolute Gasteiger partial charge is 0.487 e. The average Bonchev–Trinajstić information content (AvgIpc) is 4.24. The molecule has 0 saturated carbocycles. The SMILES string of the molecule is COCCOC1[C@H](O)[C@H]([n+]2cn(C)c3c(=O)[nH]c(N)nc32)O[C@@H]1[C@@H](C)OP(=O)([O-])OP(=O)(O)OP(=O)(O)OC[C@H]1O[C@@H](n2cnc3c(N)ncnc32)[C@@H](OC)C1OP(=O)(O)OC[C@H]1O[C@@H](n2cnc3c(=O)[nH]c(N)nc32)[C@@H](O)C1O. The summed E-state index contributed by atoms with van der Waals surface area (Å²) in [5.74, 6) is -0.703. The lowest BCUT2D eigenvalue weighted by Gasteiger charge is -2.31. The normalized spacial score (nSPS) is 29.7. The molecule has 7 unspecified atom stereocenters. The van der Waals surface area contributed by atoms with Crippen molar-refractivity contribution < 1.29 is 113 Å². The molecular weight excluding hydrogens is 1170 g/mol. The van der Waals surface area contributed by atoms with E-state index in [9.17, 15) is 62.7 Å². The van der Waals surface area contributed by atoms with Gasteiger partial charge >= 0.3 is 29.1 Å². The molecule has 9 rings (SSSR count). The van der Waals surface area contributed by atoms with Gasteiger partial charge in [-0.1, -0.05) is 4.98 Å². The van der Waals surface area contributed by atoms with Crippen LogP contribution in [0.5, 0.6) is 0 Å². The largest absolute Gasteiger partial charge is 0.756 e. The number of anilines is 3. The van der Waals surface area contributed by atoms with E-state index < -0.39 is 135 Å². The number of ether oxygens (including phenoxy) is 6. The van der Waals surface area contributed by atoms with Crippen molar-refractivity contribution in [2.45, 2.75) is 86.6 Å². The first-order valence-electron chi connectivity index (χ1n) is 23.0. The fraction of sp³-hybridized carbons (Fsp3) is 0.583. The number of hydrogen-bond donors (Lipinski definition) is 11. The van der Waals surface area contributed by atoms with Gasteiger partial charge in [-0.3, -0.25) is 51.4 Å². The number of rotatable bonds is 23. The lowest BCUT2D eigenvalue weighted by Crippen LogP contribution is -2.47. The van der Waals surface area contributed by atoms with E-state index in [1.54, 1.807) is 0 Å². The monoisotopic (exact) mass is 1220 g/mol. The number of aromatic nitrogens is 12. The molecule has 0 aromatic carbocycles. The van der Waals surface area contributed by atoms with E-state index in [4.69, 9.17) is 63.7 Å². The van der Waals surface area contributed by atoms with Crippen LogP contribution in [-0.4, -0.2) is 185 Å². The van der Waals surface area contributed by atoms with Gasteiger partial charge in [-0.25, -0.2) is 42.5 Å². The zero-order valence-corrected chi connectivity index (χ0v) is 45.2. The second kappa shape index (κ2) is 22.9. The third kappa shape index (κ3) is 12.1. The standard InChI is InChI=1S/C36H51N15O25P4/c1-13(22-24(67-6-5-65-3)21(54)33(72-22)51-12-48(2)18-29(51)45-36(39)47-31(18)56)73-79(61,62)76-80(63,64)75-78(59,60)69-8-15-23(25(66-4)34(71-15)49-10-42-16-26(37)40-9-41-27(16)49)74-77(57,58)68-7-14-19(52)20(53)32(70-14)50-11-43-17-28(50)44-35(38)46-30(17)55/h9-15,19-25,32-34,52-54H,5-8H2,1-4H3,(H11-,37,38,39,40,41,44,45,46,47,55,56,57,58,59,60,61,62,63,64)/t13-,14-,15-,19?,20+,21+,22-,23?,24?,25+,32-,33-,34-/m1/s1. The Balaban J connectivity index is 0.882. The van der Waals surface area contributed by atoms with Crippen molar-refractivity contribution in [1.29, 1.82) is 0 Å². The van der Waals surface area contributed by atoms with Crippen molar-refractivity contribution in [2.24, 2.45) is 7.05 Å². The van der Waals surface area contributed by atoms with Crippen LogP contribution in [0.1, 0.15) is 25.6 Å². The Kier molecular flexibility index (Phi) is 17.0. The van der Waals surface area contributed by atoms with E-state index in [0.717, 1.165) is 37.6 Å². The summed E-state index contributed by atoms with van der Waals surface area (Å²) >= 11 is 0. The maximum Gasteiger partial charge on any atom is 0.487 e. The molecule has 3 aliphatic rings. The molecule has 3 aliphatic heterocycles. The van der Waals surface area contributed by atoms with E-state index in [0.29, 0.717) is 0 Å². The fourth-order valence-electron chi connectivity index (χ4n) is 9.02. The number of phosphoric acid groups is 4. The first kappa shape index (κ1) is 59.4. The van der Waals surface area contributed by atoms with Gasteiger partial charge in [-0.15, -0.1) is 0 Å². The van der Waals surface area contributed by atoms with Gasteiger partial charge in [0, 0.05) is 14.2 Å². The predicted octanol–water partition coefficient (Wildman–Crippen LogP) is -4.28. The molecule has 17 atom stereocenters. The summed E-state index contributed by atoms with van der Waals surface area (Å²) in [6.45, 7) is -1.41. The molecule has 40 nitrogen and oxygen atoms in total. The first-order valence-corrected chi connectivity index (χ1v) is 29.0. The summed E-state index contributed by atoms with van der Waals surface area (Å²) in [5, 5.41) is 33.2. The van der Waals surface area contributed by atoms with Crippen LogP contribution in [0.4, 0.5) is 17.7 Å². The van der Waals surface area contributed by atoms with Gasteiger partial charge in [0.05, 0.1) is 52.2 Å². The molecule has 0 spiro atoms. The maximum absolute atomic E-state index is 13.7. The molecule has 0 radical (unpaired) electrons. The second-order valence-corrected chi connectivity index (χ2v) is 23.7. The number of phosphoric ester groups is 3. The van der Waals surface area contributed by atoms with Gasteiger partial charge < -0.3 is 85.0 Å². The van der Waals surface area contributed by atoms with Crippen LogP contribution in [0.15, 0.2) is 34.9 Å². The Morgan fingerprint density at radius 2 is 1.41 bits per heavy atom. The predicted molar refractivity (Wildman–Crippen MR) is 257 cm³/mol. The van der Waals surface area contributed by atoms with Crippen molar-refractivity contribution in [1.82, 2.24) is 53.6 Å². The Morgan fingerprint density at radius 3 is 2.12 bits per heavy atom. The number of H-pyrrole nitrogens is 2. The summed E-state index contributed by atoms with van der Waals surface area (Å²) < 4.78 is 122. The van der Waals surface area contributed by atoms with Gasteiger partial charge in [0.1, 0.15) is 66.8 Å². The number of nitrogen functional groups attached to an aromatic ring is 3. The van der Waals surface area contributed by atoms with Crippen molar-refractivity contribution in [3.8, 4) is 0 Å². The topological polar surface area (TPSA) is 563 Å². The molecule has 3 fully saturated rings. The summed E-state index contributed by atoms with van der Waals surface area (Å²) in [5.41, 5.74) is 15.6. The number of nitrogens with one attached hydrogen (secondary N) is 2. The highest BCUT2D eigenvalue weighted by Crippen LogP contribution is 2.67. The van der Waals surface area contributed by atoms with E-state index >= 15 is 0 Å². The van der Waals surface area contributed by atoms with Crippen molar-refractivity contribution in [2.75, 3.05) is 57.8 Å². The Morgan fingerprint density at radius 1 is 0.762 bits per heavy atom. The summed E-state index contributed by atoms with van der Waals surface area (Å²) in [4.78, 5) is 99.4. The summed E-state index contributed by atoms with van der Waals surface area (Å²) in [6, 6.07) is 0. The molecule has 0 bridgehead atoms. The highest BCUT2D eigenvalue weighted by molar-refractivity contribution is 7.66. The molecule has 440 valence electrons. The number of aromatic amines is 2. The third-order valence-electron chi connectivity index (χ3n) is 12.4. The van der Waals surface area contributed by atoms with Gasteiger partial charge in [-0.05, 0) is 6.92 Å². The molecule has 6 aromatic heterocycles. The number of aliphatic hydroxyl groups is 3. The highest BCUT2D eigenvalue weighted by atomic mass is 31.3. The Labute approximate surface area is 445 Å². The van der Waals surface area contributed by atoms with Crippen molar-refractivity contribution in [3.05, 3.63) is 46.0 Å². The molecule has 80 heavy (non-hydrogen) atoms. The molecule has 9 heterocycles. The molecule has 0 aliphatic carbocycles. The second-order valence-electron chi connectivity index (χ2n) is 17.7. The number of hydrogen-bond acceptors (Lipinski definition) is 31. The minimum absolute atomic E-state index is 0.00136. The van der Waals surface area contributed by atoms with Gasteiger partial charge in [-0.2, -0.15) is 9.29 Å². The van der Waals surface area contributed by atoms with Gasteiger partial charge in [0.25, 0.3) is 24.9 Å². The zero-order valence-electron chi connectivity index (χ0n) is 41.6. The van der Waals surface area contributed by atoms with Crippen LogP contribution in [-0.2, 0) is 80.4 Å². The van der Waals surface area contributed by atoms with Crippen LogP contribution < -0.4 is 37.8 Å². The van der Waals surface area contributed by atoms with Crippen LogP contribution >= 0.6 is 31.3 Å². The highest BCUT2D eigenvalue weighted by Gasteiger charge is 2.54. The Hall–Kier alpha value is -5.19. The number of imidazole rings is 3. The summed E-state index contributed by atoms with van der Waals surface area (Å²) in [7, 11) is -20.0. The van der Waals surface area contributed by atoms with Crippen LogP contribution in [0.2, 0.25) is 0 Å². The molecule has 44 heteroatoms. The minimum Gasteiger partial charge on any atom is -0.756 e. The Bertz CT molecular complexity index is 3590. The number of fused-ring (bicyclic) bond motifs is 3. The lowest BCUT2D eigenvalue weighted by molar-refractivity contribution is -0.746. The third-order valence-corrected chi connectivity index (χ3v) is 17.7. The van der Waals surface area contributed by atoms with Crippen LogP contribution in [0.3, 0.4) is 0 Å². The molecule has 0 amide bonds. The van der Waals surface area contributed by atoms with Crippen LogP contribution in [0, 0.1) is 0 Å². The first-order chi connectivity index (χ1) is 37.6. The number of aliphatic hydroxyl groups excluding tert-OH is 3. The quantitative estimate of drug-likeness (QED) is 0.0164. The number of methoxy groups -OCH3 is 2. The molecule has 6 aromatic rings. The molecule has 14 N–H and O–H groups in total. The van der Waals surface area contributed by atoms with Crippen molar-refractivity contribution in [3.63, 3.8) is 0 Å². The van der Waals surface area contributed by atoms with Gasteiger partial charge in [0.15, 0.2) is 41.4 Å². The molecular formula is C36H51N15O25P4. The van der Waals surface area contributed by atoms with E-state index in [2.05, 4.69) is 48.5 Å². The van der Waals surface area contributed by atoms with Gasteiger partial charge in [0.2, 0.25) is 17.7 Å². The van der Waals surface area contributed by atoms with E-state index in [1.807, 2.05) is 0 Å². The average molecular weight is 1220 g/mol. The number of nitrogens with two attached hydrogens (primary N) is 3. The fourth-order valence-corrected chi connectivity index (χ4v) is 13.6. The van der Waals surface area contributed by atoms with E-state index in [1.165, 1.54) is 34.2 Å².